The van der Waals surface area contributed by atoms with Crippen LogP contribution in [0.2, 0.25) is 0 Å². The number of halogens is 2. The molecule has 0 radical (unpaired) electrons. The SMILES string of the molecule is C.C.CCCCC(CC)C(=O)c1cc2c(Br)sc(Br)c2s1.CCCCCCCCc1ccsc1-c1sc(-c2sccc2CCCCCCCC)c2sc(C(=O)C(CC)CCCC)cc12.CCCCCCCCc1ccsc1C. The van der Waals surface area contributed by atoms with Gasteiger partial charge in [-0.05, 0) is 166 Å². The molecule has 2 nitrogen and oxygen atoms in total. The van der Waals surface area contributed by atoms with Gasteiger partial charge >= 0.3 is 0 Å². The van der Waals surface area contributed by atoms with E-state index in [1.807, 2.05) is 51.4 Å². The van der Waals surface area contributed by atoms with Crippen LogP contribution in [-0.2, 0) is 19.3 Å². The molecule has 0 saturated carbocycles. The van der Waals surface area contributed by atoms with Gasteiger partial charge in [-0.2, -0.15) is 0 Å². The van der Waals surface area contributed by atoms with Crippen molar-refractivity contribution in [2.24, 2.45) is 11.8 Å². The Kier molecular flexibility index (Phi) is 36.5. The summed E-state index contributed by atoms with van der Waals surface area (Å²) in [6, 6.07) is 11.3. The molecule has 7 aromatic rings. The standard InChI is InChI=1S/C38H54OS4.C14H16Br2OS2.C13H22S.2CH4/c1-5-9-12-14-16-18-21-29-23-25-40-34(29)36-31-27-32(33(39)28(8-4)20-11-7-3)42-37(31)38(43-36)35-30(24-26-41-35)22-19-17-15-13-10-6-2;1-3-5-6-8(4-2)11(17)10-7-9-12(18-10)14(16)19-13(9)15;1-3-4-5-6-7-8-9-13-10-11-14-12(13)2;;/h23-28H,5-22H2,1-4H3;7-8H,3-6H2,1-2H3;10-11H,3-9H2,1-2H3;2*1H4. The number of hydrogen-bond acceptors (Lipinski definition) is 9. The lowest BCUT2D eigenvalue weighted by molar-refractivity contribution is 0.0905. The number of thiophene rings is 7. The zero-order chi connectivity index (χ0) is 54.7. The van der Waals surface area contributed by atoms with Crippen molar-refractivity contribution in [1.29, 1.82) is 0 Å². The fourth-order valence-electron chi connectivity index (χ4n) is 10.1. The molecule has 0 aliphatic heterocycles. The van der Waals surface area contributed by atoms with Crippen molar-refractivity contribution in [1.82, 2.24) is 0 Å². The van der Waals surface area contributed by atoms with E-state index >= 15 is 0 Å². The van der Waals surface area contributed by atoms with Crippen molar-refractivity contribution >= 4 is 143 Å². The molecule has 7 aromatic heterocycles. The van der Waals surface area contributed by atoms with Crippen LogP contribution in [0.15, 0.2) is 54.0 Å². The highest BCUT2D eigenvalue weighted by Crippen LogP contribution is 2.52. The molecule has 0 spiro atoms. The van der Waals surface area contributed by atoms with Gasteiger partial charge in [-0.1, -0.05) is 185 Å². The highest BCUT2D eigenvalue weighted by atomic mass is 79.9. The Bertz CT molecular complexity index is 2580. The lowest BCUT2D eigenvalue weighted by Gasteiger charge is -2.11. The van der Waals surface area contributed by atoms with Crippen molar-refractivity contribution in [3.8, 4) is 19.5 Å². The molecule has 0 aliphatic carbocycles. The predicted octanol–water partition coefficient (Wildman–Crippen LogP) is 27.7. The van der Waals surface area contributed by atoms with E-state index in [4.69, 9.17) is 0 Å². The Labute approximate surface area is 520 Å². The number of rotatable bonds is 35. The summed E-state index contributed by atoms with van der Waals surface area (Å²) in [7, 11) is 0. The van der Waals surface area contributed by atoms with Gasteiger partial charge in [0.25, 0.3) is 0 Å². The molecule has 2 atom stereocenters. The van der Waals surface area contributed by atoms with Crippen molar-refractivity contribution in [3.63, 3.8) is 0 Å². The van der Waals surface area contributed by atoms with Crippen LogP contribution in [-0.4, -0.2) is 11.6 Å². The number of carbonyl (C=O) groups excluding carboxylic acids is 2. The van der Waals surface area contributed by atoms with Crippen LogP contribution in [0.1, 0.15) is 271 Å². The second-order valence-corrected chi connectivity index (χ2v) is 30.7. The van der Waals surface area contributed by atoms with Crippen molar-refractivity contribution in [3.05, 3.63) is 85.4 Å². The Morgan fingerprint density at radius 1 is 0.423 bits per heavy atom. The van der Waals surface area contributed by atoms with Gasteiger partial charge in [0.15, 0.2) is 11.6 Å². The first-order chi connectivity index (χ1) is 37.0. The van der Waals surface area contributed by atoms with Crippen LogP contribution in [0.5, 0.6) is 0 Å². The summed E-state index contributed by atoms with van der Waals surface area (Å²) in [5.74, 6) is 1.02. The summed E-state index contributed by atoms with van der Waals surface area (Å²) < 4.78 is 4.75. The van der Waals surface area contributed by atoms with E-state index in [9.17, 15) is 9.59 Å². The lowest BCUT2D eigenvalue weighted by Crippen LogP contribution is -2.12. The summed E-state index contributed by atoms with van der Waals surface area (Å²) >= 11 is 19.9. The molecule has 2 unspecified atom stereocenters. The molecule has 11 heteroatoms. The zero-order valence-electron chi connectivity index (χ0n) is 47.7. The quantitative estimate of drug-likeness (QED) is 0.0293. The number of carbonyl (C=O) groups is 2. The molecule has 7 heterocycles. The Morgan fingerprint density at radius 3 is 1.26 bits per heavy atom. The average molecular weight is 1320 g/mol. The van der Waals surface area contributed by atoms with Crippen LogP contribution in [0.3, 0.4) is 0 Å². The third kappa shape index (κ3) is 21.7. The lowest BCUT2D eigenvalue weighted by atomic mass is 9.94. The van der Waals surface area contributed by atoms with Gasteiger partial charge in [-0.25, -0.2) is 0 Å². The van der Waals surface area contributed by atoms with E-state index < -0.39 is 0 Å². The topological polar surface area (TPSA) is 34.1 Å². The average Bonchev–Trinajstić information content (AvgIpc) is 4.35. The van der Waals surface area contributed by atoms with E-state index in [1.54, 1.807) is 39.6 Å². The highest BCUT2D eigenvalue weighted by molar-refractivity contribution is 9.12. The normalized spacial score (nSPS) is 12.0. The predicted molar refractivity (Wildman–Crippen MR) is 370 cm³/mol. The van der Waals surface area contributed by atoms with Crippen molar-refractivity contribution in [2.75, 3.05) is 0 Å². The van der Waals surface area contributed by atoms with E-state index in [2.05, 4.69) is 128 Å². The van der Waals surface area contributed by atoms with E-state index in [-0.39, 0.29) is 26.7 Å². The smallest absolute Gasteiger partial charge is 0.175 e. The maximum atomic E-state index is 13.8. The first-order valence-corrected chi connectivity index (χ1v) is 37.2. The summed E-state index contributed by atoms with van der Waals surface area (Å²) in [4.78, 5) is 35.4. The van der Waals surface area contributed by atoms with Crippen molar-refractivity contribution in [2.45, 2.75) is 256 Å². The molecule has 0 N–H and O–H groups in total. The summed E-state index contributed by atoms with van der Waals surface area (Å²) in [5, 5.41) is 9.28. The van der Waals surface area contributed by atoms with Gasteiger partial charge in [0.05, 0.1) is 36.5 Å². The van der Waals surface area contributed by atoms with E-state index in [0.29, 0.717) is 11.6 Å². The summed E-state index contributed by atoms with van der Waals surface area (Å²) in [6.45, 7) is 17.8. The minimum absolute atomic E-state index is 0. The molecule has 0 bridgehead atoms. The molecule has 0 aromatic carbocycles. The maximum Gasteiger partial charge on any atom is 0.175 e. The highest BCUT2D eigenvalue weighted by Gasteiger charge is 2.27. The molecule has 7 rings (SSSR count). The van der Waals surface area contributed by atoms with E-state index in [1.165, 1.54) is 172 Å². The molecule has 0 aliphatic rings. The Hall–Kier alpha value is -1.28. The first kappa shape index (κ1) is 71.0. The number of fused-ring (bicyclic) bond motifs is 2. The Balaban J connectivity index is 0.000000374. The van der Waals surface area contributed by atoms with Gasteiger partial charge in [0, 0.05) is 37.2 Å². The monoisotopic (exact) mass is 1320 g/mol. The van der Waals surface area contributed by atoms with Gasteiger partial charge in [0.1, 0.15) is 0 Å². The second-order valence-electron chi connectivity index (χ2n) is 20.9. The van der Waals surface area contributed by atoms with Gasteiger partial charge < -0.3 is 0 Å². The number of ketones is 2. The molecule has 78 heavy (non-hydrogen) atoms. The third-order valence-corrected chi connectivity index (χ3v) is 24.8. The fourth-order valence-corrected chi connectivity index (χ4v) is 20.3. The molecule has 436 valence electrons. The number of unbranched alkanes of at least 4 members (excludes halogenated alkanes) is 17. The van der Waals surface area contributed by atoms with Gasteiger partial charge in [0.2, 0.25) is 0 Å². The molecule has 0 fully saturated rings. The van der Waals surface area contributed by atoms with E-state index in [0.717, 1.165) is 86.9 Å². The van der Waals surface area contributed by atoms with Gasteiger partial charge in [-0.15, -0.1) is 79.4 Å². The number of hydrogen-bond donors (Lipinski definition) is 0. The molecular weight excluding hydrogens is 1220 g/mol. The third-order valence-electron chi connectivity index (χ3n) is 15.0. The molecule has 0 amide bonds. The summed E-state index contributed by atoms with van der Waals surface area (Å²) in [5.41, 5.74) is 4.58. The fraction of sp³-hybridized carbons (Fsp3) is 0.612. The van der Waals surface area contributed by atoms with Crippen LogP contribution < -0.4 is 0 Å². The first-order valence-electron chi connectivity index (χ1n) is 29.7. The Morgan fingerprint density at radius 2 is 0.821 bits per heavy atom. The zero-order valence-corrected chi connectivity index (χ0v) is 56.6. The number of Topliss-reactive ketones (excluding diaryl/α,β-unsaturated/α-hetero) is 2. The largest absolute Gasteiger partial charge is 0.293 e. The summed E-state index contributed by atoms with van der Waals surface area (Å²) in [6.07, 6.45) is 36.5. The van der Waals surface area contributed by atoms with Crippen LogP contribution in [0, 0.1) is 18.8 Å². The van der Waals surface area contributed by atoms with Crippen LogP contribution >= 0.6 is 111 Å². The van der Waals surface area contributed by atoms with Crippen LogP contribution in [0.25, 0.3) is 39.7 Å². The second kappa shape index (κ2) is 40.1. The number of aryl methyl sites for hydroxylation is 4. The van der Waals surface area contributed by atoms with Crippen LogP contribution in [0.4, 0.5) is 0 Å². The van der Waals surface area contributed by atoms with Gasteiger partial charge in [-0.3, -0.25) is 9.59 Å². The maximum absolute atomic E-state index is 13.8. The minimum atomic E-state index is 0. The molecular formula is C67H100Br2O2S7. The van der Waals surface area contributed by atoms with Crippen molar-refractivity contribution < 1.29 is 9.59 Å². The minimum Gasteiger partial charge on any atom is -0.293 e. The molecule has 0 saturated heterocycles.